The highest BCUT2D eigenvalue weighted by Crippen LogP contribution is 2.42. The summed E-state index contributed by atoms with van der Waals surface area (Å²) >= 11 is 13.3. The summed E-state index contributed by atoms with van der Waals surface area (Å²) < 4.78 is 13.7. The Kier molecular flexibility index (Phi) is 7.83. The molecule has 33 heavy (non-hydrogen) atoms. The van der Waals surface area contributed by atoms with E-state index in [9.17, 15) is 4.79 Å². The van der Waals surface area contributed by atoms with Crippen LogP contribution < -0.4 is 15.0 Å². The molecule has 0 amide bonds. The highest BCUT2D eigenvalue weighted by Gasteiger charge is 2.23. The number of ether oxygens (including phenoxy) is 2. The normalized spacial score (nSPS) is 11.7. The van der Waals surface area contributed by atoms with Gasteiger partial charge in [0.1, 0.15) is 16.9 Å². The van der Waals surface area contributed by atoms with Gasteiger partial charge in [0.25, 0.3) is 5.56 Å². The predicted molar refractivity (Wildman–Crippen MR) is 137 cm³/mol. The molecule has 1 aromatic heterocycles. The first-order valence-corrected chi connectivity index (χ1v) is 12.0. The molecule has 2 aromatic carbocycles. The summed E-state index contributed by atoms with van der Waals surface area (Å²) in [6.45, 7) is 7.91. The lowest BCUT2D eigenvalue weighted by molar-refractivity contribution is 0.298. The molecule has 0 aliphatic carbocycles. The summed E-state index contributed by atoms with van der Waals surface area (Å²) in [4.78, 5) is 18.0. The number of rotatable bonds is 6. The first kappa shape index (κ1) is 25.2. The Hall–Kier alpha value is -2.41. The highest BCUT2D eigenvalue weighted by atomic mass is 79.9. The number of nitriles is 1. The lowest BCUT2D eigenvalue weighted by Crippen LogP contribution is -2.29. The Balaban J connectivity index is 2.20. The minimum atomic E-state index is -0.446. The Labute approximate surface area is 213 Å². The van der Waals surface area contributed by atoms with E-state index in [-0.39, 0.29) is 22.9 Å². The summed E-state index contributed by atoms with van der Waals surface area (Å²) in [7, 11) is 0. The van der Waals surface area contributed by atoms with Gasteiger partial charge in [-0.25, -0.2) is 4.98 Å². The van der Waals surface area contributed by atoms with E-state index in [1.807, 2.05) is 39.8 Å². The van der Waals surface area contributed by atoms with Crippen LogP contribution in [0.4, 0.5) is 0 Å². The van der Waals surface area contributed by atoms with Gasteiger partial charge in [0.15, 0.2) is 18.1 Å². The molecule has 0 saturated carbocycles. The van der Waals surface area contributed by atoms with E-state index < -0.39 is 5.41 Å². The maximum Gasteiger partial charge on any atom is 0.282 e. The SMILES string of the molecule is CCOc1cc(C=Nn2c(C(C)(C)C)nc3ccc(Br)cc3c2=O)c(Br)c(Cl)c1OCC#N. The molecule has 0 atom stereocenters. The van der Waals surface area contributed by atoms with Crippen molar-refractivity contribution in [1.82, 2.24) is 9.66 Å². The molecule has 0 fully saturated rings. The fourth-order valence-corrected chi connectivity index (χ4v) is 4.08. The van der Waals surface area contributed by atoms with Crippen LogP contribution in [0, 0.1) is 11.3 Å². The van der Waals surface area contributed by atoms with Crippen molar-refractivity contribution < 1.29 is 9.47 Å². The van der Waals surface area contributed by atoms with Crippen molar-refractivity contribution in [2.45, 2.75) is 33.1 Å². The lowest BCUT2D eigenvalue weighted by Gasteiger charge is -2.21. The van der Waals surface area contributed by atoms with Crippen LogP contribution in [0.25, 0.3) is 10.9 Å². The second kappa shape index (κ2) is 10.2. The van der Waals surface area contributed by atoms with Gasteiger partial charge in [0.05, 0.1) is 23.7 Å². The number of halogens is 3. The summed E-state index contributed by atoms with van der Waals surface area (Å²) in [5.41, 5.74) is 0.428. The third-order valence-electron chi connectivity index (χ3n) is 4.53. The van der Waals surface area contributed by atoms with Crippen LogP contribution in [0.2, 0.25) is 5.02 Å². The second-order valence-corrected chi connectivity index (χ2v) is 10.1. The van der Waals surface area contributed by atoms with Crippen LogP contribution in [0.15, 0.2) is 43.1 Å². The number of hydrogen-bond donors (Lipinski definition) is 0. The largest absolute Gasteiger partial charge is 0.490 e. The molecule has 0 saturated heterocycles. The third-order valence-corrected chi connectivity index (χ3v) is 6.46. The summed E-state index contributed by atoms with van der Waals surface area (Å²) in [6.07, 6.45) is 1.51. The van der Waals surface area contributed by atoms with Crippen molar-refractivity contribution in [2.75, 3.05) is 13.2 Å². The Bertz CT molecular complexity index is 1340. The third kappa shape index (κ3) is 5.40. The molecule has 0 unspecified atom stereocenters. The molecule has 0 aliphatic heterocycles. The van der Waals surface area contributed by atoms with E-state index in [0.29, 0.717) is 39.1 Å². The molecule has 0 aliphatic rings. The molecule has 0 radical (unpaired) electrons. The van der Waals surface area contributed by atoms with Crippen molar-refractivity contribution in [3.05, 3.63) is 60.0 Å². The average molecular weight is 597 g/mol. The molecule has 3 rings (SSSR count). The number of benzene rings is 2. The van der Waals surface area contributed by atoms with E-state index in [1.54, 1.807) is 18.2 Å². The average Bonchev–Trinajstić information content (AvgIpc) is 2.75. The van der Waals surface area contributed by atoms with Crippen LogP contribution >= 0.6 is 43.5 Å². The van der Waals surface area contributed by atoms with E-state index >= 15 is 0 Å². The quantitative estimate of drug-likeness (QED) is 0.323. The van der Waals surface area contributed by atoms with Crippen molar-refractivity contribution in [3.63, 3.8) is 0 Å². The topological polar surface area (TPSA) is 89.5 Å². The monoisotopic (exact) mass is 594 g/mol. The molecule has 7 nitrogen and oxygen atoms in total. The predicted octanol–water partition coefficient (Wildman–Crippen LogP) is 6.06. The Morgan fingerprint density at radius 3 is 2.64 bits per heavy atom. The molecule has 3 aromatic rings. The van der Waals surface area contributed by atoms with Crippen molar-refractivity contribution in [1.29, 1.82) is 5.26 Å². The van der Waals surface area contributed by atoms with Crippen molar-refractivity contribution in [2.24, 2.45) is 5.10 Å². The van der Waals surface area contributed by atoms with Gasteiger partial charge in [-0.3, -0.25) is 4.79 Å². The van der Waals surface area contributed by atoms with Gasteiger partial charge in [-0.1, -0.05) is 48.3 Å². The van der Waals surface area contributed by atoms with Crippen LogP contribution in [-0.2, 0) is 5.41 Å². The van der Waals surface area contributed by atoms with E-state index in [2.05, 4.69) is 37.0 Å². The number of nitrogens with zero attached hydrogens (tertiary/aromatic N) is 4. The van der Waals surface area contributed by atoms with Gasteiger partial charge in [0, 0.05) is 19.9 Å². The van der Waals surface area contributed by atoms with Gasteiger partial charge in [-0.15, -0.1) is 0 Å². The molecule has 10 heteroatoms. The molecular weight excluding hydrogens is 576 g/mol. The van der Waals surface area contributed by atoms with E-state index in [1.165, 1.54) is 10.9 Å². The van der Waals surface area contributed by atoms with Gasteiger partial charge < -0.3 is 9.47 Å². The van der Waals surface area contributed by atoms with Gasteiger partial charge in [0.2, 0.25) is 0 Å². The number of fused-ring (bicyclic) bond motifs is 1. The first-order valence-electron chi connectivity index (χ1n) is 10.00. The van der Waals surface area contributed by atoms with E-state index in [4.69, 9.17) is 31.3 Å². The number of aromatic nitrogens is 2. The zero-order valence-corrected chi connectivity index (χ0v) is 22.4. The van der Waals surface area contributed by atoms with Gasteiger partial charge >= 0.3 is 0 Å². The molecule has 172 valence electrons. The summed E-state index contributed by atoms with van der Waals surface area (Å²) in [6, 6.07) is 8.97. The molecule has 0 bridgehead atoms. The van der Waals surface area contributed by atoms with Crippen LogP contribution in [0.1, 0.15) is 39.1 Å². The number of hydrogen-bond acceptors (Lipinski definition) is 6. The standard InChI is InChI=1S/C23H21Br2ClN4O3/c1-5-32-17-10-13(18(25)19(26)20(17)33-9-8-27)12-28-30-21(31)15-11-14(24)6-7-16(15)29-22(30)23(2,3)4/h6-7,10-12H,5,9H2,1-4H3. The van der Waals surface area contributed by atoms with Gasteiger partial charge in [-0.05, 0) is 47.1 Å². The maximum absolute atomic E-state index is 13.3. The zero-order valence-electron chi connectivity index (χ0n) is 18.4. The lowest BCUT2D eigenvalue weighted by atomic mass is 9.95. The Morgan fingerprint density at radius 1 is 1.27 bits per heavy atom. The maximum atomic E-state index is 13.3. The Morgan fingerprint density at radius 2 is 2.00 bits per heavy atom. The van der Waals surface area contributed by atoms with Crippen LogP contribution in [0.3, 0.4) is 0 Å². The molecule has 1 heterocycles. The van der Waals surface area contributed by atoms with Crippen LogP contribution in [-0.4, -0.2) is 29.1 Å². The fourth-order valence-electron chi connectivity index (χ4n) is 3.06. The minimum Gasteiger partial charge on any atom is -0.490 e. The second-order valence-electron chi connectivity index (χ2n) is 8.01. The minimum absolute atomic E-state index is 0.178. The smallest absolute Gasteiger partial charge is 0.282 e. The fraction of sp³-hybridized carbons (Fsp3) is 0.304. The van der Waals surface area contributed by atoms with Gasteiger partial charge in [-0.2, -0.15) is 15.0 Å². The molecule has 0 spiro atoms. The van der Waals surface area contributed by atoms with Crippen molar-refractivity contribution >= 4 is 60.6 Å². The zero-order chi connectivity index (χ0) is 24.3. The summed E-state index contributed by atoms with van der Waals surface area (Å²) in [5, 5.41) is 14.0. The van der Waals surface area contributed by atoms with Crippen LogP contribution in [0.5, 0.6) is 11.5 Å². The van der Waals surface area contributed by atoms with E-state index in [0.717, 1.165) is 4.47 Å². The molecule has 0 N–H and O–H groups in total. The molecular formula is C23H21Br2ClN4O3. The first-order chi connectivity index (χ1) is 15.6. The summed E-state index contributed by atoms with van der Waals surface area (Å²) in [5.74, 6) is 1.14. The van der Waals surface area contributed by atoms with Crippen molar-refractivity contribution in [3.8, 4) is 17.6 Å². The highest BCUT2D eigenvalue weighted by molar-refractivity contribution is 9.10.